The first kappa shape index (κ1) is 31.1. The third-order valence-electron chi connectivity index (χ3n) is 7.70. The van der Waals surface area contributed by atoms with E-state index >= 15 is 0 Å². The van der Waals surface area contributed by atoms with Crippen molar-refractivity contribution >= 4 is 38.8 Å². The number of carbonyl (C=O) groups excluding carboxylic acids is 2. The summed E-state index contributed by atoms with van der Waals surface area (Å²) < 4.78 is 14.3. The van der Waals surface area contributed by atoms with Crippen LogP contribution in [-0.4, -0.2) is 59.9 Å². The molecule has 8 heteroatoms. The van der Waals surface area contributed by atoms with Crippen LogP contribution in [0.2, 0.25) is 0 Å². The van der Waals surface area contributed by atoms with Crippen LogP contribution in [0.25, 0.3) is 10.9 Å². The van der Waals surface area contributed by atoms with Crippen LogP contribution in [-0.2, 0) is 27.2 Å². The van der Waals surface area contributed by atoms with Gasteiger partial charge in [-0.1, -0.05) is 46.3 Å². The topological polar surface area (TPSA) is 72.8 Å². The molecule has 1 N–H and O–H groups in total. The SMILES string of the molecule is COCCCn1c(C2CCCN(C(=O)CC(Cc3ccc(Br)cc3)NC(=O)OC(C)(C)C)C2)c(C)c2ccccc21. The van der Waals surface area contributed by atoms with E-state index in [9.17, 15) is 9.59 Å². The molecule has 0 aliphatic carbocycles. The number of methoxy groups -OCH3 is 1. The molecule has 4 rings (SSSR count). The highest BCUT2D eigenvalue weighted by atomic mass is 79.9. The van der Waals surface area contributed by atoms with E-state index in [0.29, 0.717) is 19.6 Å². The number of aromatic nitrogens is 1. The fourth-order valence-corrected chi connectivity index (χ4v) is 6.22. The molecule has 2 amide bonds. The van der Waals surface area contributed by atoms with Gasteiger partial charge >= 0.3 is 6.09 Å². The van der Waals surface area contributed by atoms with E-state index in [1.165, 1.54) is 22.2 Å². The second kappa shape index (κ2) is 13.9. The van der Waals surface area contributed by atoms with E-state index in [0.717, 1.165) is 42.4 Å². The van der Waals surface area contributed by atoms with Crippen molar-refractivity contribution in [3.63, 3.8) is 0 Å². The summed E-state index contributed by atoms with van der Waals surface area (Å²) in [5.74, 6) is 0.318. The number of piperidine rings is 1. The van der Waals surface area contributed by atoms with Gasteiger partial charge in [-0.15, -0.1) is 0 Å². The Labute approximate surface area is 252 Å². The van der Waals surface area contributed by atoms with Crippen molar-refractivity contribution in [2.75, 3.05) is 26.8 Å². The van der Waals surface area contributed by atoms with Crippen LogP contribution < -0.4 is 5.32 Å². The number of alkyl carbamates (subject to hydrolysis) is 1. The number of para-hydroxylation sites is 1. The molecule has 0 bridgehead atoms. The molecular weight excluding hydrogens is 582 g/mol. The van der Waals surface area contributed by atoms with Gasteiger partial charge in [0.1, 0.15) is 5.60 Å². The van der Waals surface area contributed by atoms with Crippen LogP contribution in [0.3, 0.4) is 0 Å². The first-order valence-electron chi connectivity index (χ1n) is 14.6. The molecule has 222 valence electrons. The molecule has 41 heavy (non-hydrogen) atoms. The lowest BCUT2D eigenvalue weighted by molar-refractivity contribution is -0.132. The number of amides is 2. The van der Waals surface area contributed by atoms with Crippen LogP contribution in [0.15, 0.2) is 53.0 Å². The maximum absolute atomic E-state index is 13.8. The highest BCUT2D eigenvalue weighted by molar-refractivity contribution is 9.10. The Bertz CT molecular complexity index is 1330. The summed E-state index contributed by atoms with van der Waals surface area (Å²) in [6, 6.07) is 16.2. The molecule has 2 heterocycles. The van der Waals surface area contributed by atoms with E-state index in [1.807, 2.05) is 49.9 Å². The van der Waals surface area contributed by atoms with Crippen LogP contribution >= 0.6 is 15.9 Å². The van der Waals surface area contributed by atoms with Crippen LogP contribution in [0, 0.1) is 6.92 Å². The van der Waals surface area contributed by atoms with Gasteiger partial charge in [-0.3, -0.25) is 4.79 Å². The lowest BCUT2D eigenvalue weighted by atomic mass is 9.91. The summed E-state index contributed by atoms with van der Waals surface area (Å²) in [6.45, 7) is 10.7. The molecule has 1 saturated heterocycles. The number of benzene rings is 2. The molecule has 0 spiro atoms. The minimum atomic E-state index is -0.615. The number of nitrogens with one attached hydrogen (secondary N) is 1. The van der Waals surface area contributed by atoms with Crippen molar-refractivity contribution in [3.05, 3.63) is 69.8 Å². The maximum atomic E-state index is 13.8. The van der Waals surface area contributed by atoms with Gasteiger partial charge < -0.3 is 24.3 Å². The van der Waals surface area contributed by atoms with E-state index in [4.69, 9.17) is 9.47 Å². The van der Waals surface area contributed by atoms with Crippen molar-refractivity contribution in [2.45, 2.75) is 83.9 Å². The molecule has 0 radical (unpaired) electrons. The molecule has 1 aromatic heterocycles. The summed E-state index contributed by atoms with van der Waals surface area (Å²) in [4.78, 5) is 28.4. The number of rotatable bonds is 10. The molecule has 2 atom stereocenters. The fraction of sp³-hybridized carbons (Fsp3) is 0.515. The van der Waals surface area contributed by atoms with Crippen molar-refractivity contribution in [1.82, 2.24) is 14.8 Å². The Morgan fingerprint density at radius 3 is 2.56 bits per heavy atom. The zero-order valence-corrected chi connectivity index (χ0v) is 26.6. The third kappa shape index (κ3) is 8.35. The fourth-order valence-electron chi connectivity index (χ4n) is 5.95. The average Bonchev–Trinajstić information content (AvgIpc) is 3.20. The summed E-state index contributed by atoms with van der Waals surface area (Å²) in [5.41, 5.74) is 4.32. The molecule has 2 unspecified atom stereocenters. The summed E-state index contributed by atoms with van der Waals surface area (Å²) in [5, 5.41) is 4.26. The maximum Gasteiger partial charge on any atom is 0.407 e. The van der Waals surface area contributed by atoms with Gasteiger partial charge in [0, 0.05) is 72.8 Å². The number of ether oxygens (including phenoxy) is 2. The predicted octanol–water partition coefficient (Wildman–Crippen LogP) is 6.98. The summed E-state index contributed by atoms with van der Waals surface area (Å²) in [6.07, 6.45) is 3.20. The van der Waals surface area contributed by atoms with E-state index in [2.05, 4.69) is 57.0 Å². The second-order valence-electron chi connectivity index (χ2n) is 12.1. The van der Waals surface area contributed by atoms with Crippen molar-refractivity contribution < 1.29 is 19.1 Å². The largest absolute Gasteiger partial charge is 0.444 e. The highest BCUT2D eigenvalue weighted by Crippen LogP contribution is 2.36. The number of fused-ring (bicyclic) bond motifs is 1. The van der Waals surface area contributed by atoms with Crippen LogP contribution in [0.5, 0.6) is 0 Å². The van der Waals surface area contributed by atoms with Crippen LogP contribution in [0.1, 0.15) is 69.2 Å². The number of aryl methyl sites for hydroxylation is 2. The minimum Gasteiger partial charge on any atom is -0.444 e. The van der Waals surface area contributed by atoms with Gasteiger partial charge in [0.2, 0.25) is 5.91 Å². The van der Waals surface area contributed by atoms with Crippen molar-refractivity contribution in [3.8, 4) is 0 Å². The Balaban J connectivity index is 1.52. The van der Waals surface area contributed by atoms with E-state index in [-0.39, 0.29) is 24.3 Å². The Hall–Kier alpha value is -2.84. The van der Waals surface area contributed by atoms with Gasteiger partial charge in [-0.25, -0.2) is 4.79 Å². The van der Waals surface area contributed by atoms with Crippen LogP contribution in [0.4, 0.5) is 4.79 Å². The van der Waals surface area contributed by atoms with Gasteiger partial charge in [0.15, 0.2) is 0 Å². The second-order valence-corrected chi connectivity index (χ2v) is 13.0. The third-order valence-corrected chi connectivity index (χ3v) is 8.23. The van der Waals surface area contributed by atoms with Crippen molar-refractivity contribution in [1.29, 1.82) is 0 Å². The zero-order valence-electron chi connectivity index (χ0n) is 25.0. The quantitative estimate of drug-likeness (QED) is 0.247. The molecule has 0 saturated carbocycles. The number of carbonyl (C=O) groups is 2. The lowest BCUT2D eigenvalue weighted by Crippen LogP contribution is -2.46. The monoisotopic (exact) mass is 625 g/mol. The van der Waals surface area contributed by atoms with Gasteiger partial charge in [-0.05, 0) is 82.7 Å². The smallest absolute Gasteiger partial charge is 0.407 e. The predicted molar refractivity (Wildman–Crippen MR) is 167 cm³/mol. The number of likely N-dealkylation sites (tertiary alicyclic amines) is 1. The molecule has 1 aliphatic rings. The van der Waals surface area contributed by atoms with Gasteiger partial charge in [-0.2, -0.15) is 0 Å². The average molecular weight is 627 g/mol. The lowest BCUT2D eigenvalue weighted by Gasteiger charge is -2.35. The number of halogens is 1. The van der Waals surface area contributed by atoms with Gasteiger partial charge in [0.05, 0.1) is 0 Å². The first-order chi connectivity index (χ1) is 19.6. The normalized spacial score (nSPS) is 16.5. The highest BCUT2D eigenvalue weighted by Gasteiger charge is 2.31. The first-order valence-corrected chi connectivity index (χ1v) is 15.4. The Morgan fingerprint density at radius 1 is 1.12 bits per heavy atom. The Morgan fingerprint density at radius 2 is 1.85 bits per heavy atom. The van der Waals surface area contributed by atoms with Gasteiger partial charge in [0.25, 0.3) is 0 Å². The standard InChI is InChI=1S/C33H44BrN3O4/c1-23-28-11-6-7-12-29(28)37(18-9-19-40-5)31(23)25-10-8-17-36(22-25)30(38)21-27(35-32(39)41-33(2,3)4)20-24-13-15-26(34)16-14-24/h6-7,11-16,25,27H,8-10,17-22H2,1-5H3,(H,35,39). The van der Waals surface area contributed by atoms with E-state index < -0.39 is 11.7 Å². The summed E-state index contributed by atoms with van der Waals surface area (Å²) in [7, 11) is 1.74. The molecule has 1 fully saturated rings. The number of hydrogen-bond donors (Lipinski definition) is 1. The minimum absolute atomic E-state index is 0.0626. The summed E-state index contributed by atoms with van der Waals surface area (Å²) >= 11 is 3.48. The molecule has 7 nitrogen and oxygen atoms in total. The number of hydrogen-bond acceptors (Lipinski definition) is 4. The van der Waals surface area contributed by atoms with Crippen molar-refractivity contribution in [2.24, 2.45) is 0 Å². The molecule has 2 aromatic carbocycles. The molecule has 1 aliphatic heterocycles. The number of nitrogens with zero attached hydrogens (tertiary/aromatic N) is 2. The molecule has 3 aromatic rings. The molecular formula is C33H44BrN3O4. The Kier molecular flexibility index (Phi) is 10.5. The van der Waals surface area contributed by atoms with E-state index in [1.54, 1.807) is 7.11 Å². The zero-order chi connectivity index (χ0) is 29.6.